The van der Waals surface area contributed by atoms with Crippen LogP contribution >= 0.6 is 0 Å². The molecule has 0 unspecified atom stereocenters. The van der Waals surface area contributed by atoms with E-state index in [0.717, 1.165) is 31.6 Å². The van der Waals surface area contributed by atoms with E-state index in [9.17, 15) is 18.0 Å². The first-order valence-electron chi connectivity index (χ1n) is 8.33. The lowest BCUT2D eigenvalue weighted by Gasteiger charge is -2.38. The van der Waals surface area contributed by atoms with Gasteiger partial charge in [-0.15, -0.1) is 0 Å². The predicted octanol–water partition coefficient (Wildman–Crippen LogP) is 2.49. The number of benzene rings is 1. The lowest BCUT2D eigenvalue weighted by molar-refractivity contribution is -0.115. The monoisotopic (exact) mass is 354 g/mol. The maximum Gasteiger partial charge on any atom is 0.243 e. The largest absolute Gasteiger partial charge is 0.347 e. The molecule has 3 rings (SSSR count). The number of nitrogens with zero attached hydrogens (tertiary/aromatic N) is 2. The summed E-state index contributed by atoms with van der Waals surface area (Å²) in [5, 5.41) is 5.17. The predicted molar refractivity (Wildman–Crippen MR) is 88.8 cm³/mol. The second-order valence-electron chi connectivity index (χ2n) is 6.70. The first kappa shape index (κ1) is 17.6. The number of likely N-dealkylation sites (tertiary alicyclic amines) is 1. The molecule has 0 bridgehead atoms. The molecule has 0 radical (unpaired) electrons. The molecule has 1 aliphatic heterocycles. The number of carbonyl (C=O) groups excluding carboxylic acids is 1. The number of hydrogen-bond donors (Lipinski definition) is 2. The van der Waals surface area contributed by atoms with Crippen molar-refractivity contribution in [2.75, 3.05) is 32.0 Å². The summed E-state index contributed by atoms with van der Waals surface area (Å²) in [6.07, 6.45) is 4.86. The van der Waals surface area contributed by atoms with E-state index >= 15 is 0 Å². The normalized spacial score (nSPS) is 19.0. The van der Waals surface area contributed by atoms with Crippen molar-refractivity contribution in [1.29, 1.82) is 0 Å². The molecule has 0 aromatic heterocycles. The highest BCUT2D eigenvalue weighted by Crippen LogP contribution is 2.47. The van der Waals surface area contributed by atoms with Crippen molar-refractivity contribution in [2.45, 2.75) is 25.7 Å². The van der Waals surface area contributed by atoms with Crippen LogP contribution in [0.3, 0.4) is 0 Å². The third kappa shape index (κ3) is 3.57. The van der Waals surface area contributed by atoms with Crippen molar-refractivity contribution in [1.82, 2.24) is 10.2 Å². The molecule has 1 aromatic carbocycles. The number of halogens is 3. The van der Waals surface area contributed by atoms with Gasteiger partial charge in [0.15, 0.2) is 23.4 Å². The average molecular weight is 354 g/mol. The highest BCUT2D eigenvalue weighted by Gasteiger charge is 2.43. The third-order valence-electron chi connectivity index (χ3n) is 5.08. The van der Waals surface area contributed by atoms with Gasteiger partial charge in [-0.1, -0.05) is 6.42 Å². The molecular formula is C17H21F3N4O. The van der Waals surface area contributed by atoms with E-state index in [2.05, 4.69) is 20.5 Å². The minimum absolute atomic E-state index is 0.144. The summed E-state index contributed by atoms with van der Waals surface area (Å²) in [6, 6.07) is 1.75. The molecule has 1 saturated heterocycles. The van der Waals surface area contributed by atoms with Gasteiger partial charge in [0.05, 0.1) is 12.2 Å². The van der Waals surface area contributed by atoms with Gasteiger partial charge in [0.2, 0.25) is 5.91 Å². The second-order valence-corrected chi connectivity index (χ2v) is 6.70. The summed E-state index contributed by atoms with van der Waals surface area (Å²) in [5.74, 6) is -4.27. The van der Waals surface area contributed by atoms with Gasteiger partial charge in [-0.3, -0.25) is 9.79 Å². The van der Waals surface area contributed by atoms with Crippen LogP contribution in [0.15, 0.2) is 17.1 Å². The number of aliphatic imine (C=N–C) groups is 1. The van der Waals surface area contributed by atoms with Gasteiger partial charge >= 0.3 is 0 Å². The zero-order valence-corrected chi connectivity index (χ0v) is 14.0. The fraction of sp³-hybridized carbons (Fsp3) is 0.529. The molecule has 1 heterocycles. The first-order valence-corrected chi connectivity index (χ1v) is 8.33. The molecule has 1 aromatic rings. The summed E-state index contributed by atoms with van der Waals surface area (Å²) < 4.78 is 39.7. The summed E-state index contributed by atoms with van der Waals surface area (Å²) in [4.78, 5) is 18.3. The molecule has 1 spiro atoms. The topological polar surface area (TPSA) is 56.7 Å². The molecule has 136 valence electrons. The number of anilines is 1. The third-order valence-corrected chi connectivity index (χ3v) is 5.08. The molecular weight excluding hydrogens is 333 g/mol. The van der Waals surface area contributed by atoms with E-state index in [-0.39, 0.29) is 6.54 Å². The molecule has 2 N–H and O–H groups in total. The second kappa shape index (κ2) is 6.93. The van der Waals surface area contributed by atoms with Crippen molar-refractivity contribution in [2.24, 2.45) is 10.4 Å². The Bertz CT molecular complexity index is 703. The van der Waals surface area contributed by atoms with Crippen LogP contribution in [-0.4, -0.2) is 43.4 Å². The number of carbonyl (C=O) groups is 1. The summed E-state index contributed by atoms with van der Waals surface area (Å²) in [7, 11) is 1.64. The van der Waals surface area contributed by atoms with Crippen LogP contribution in [0.4, 0.5) is 18.9 Å². The van der Waals surface area contributed by atoms with Crippen LogP contribution in [-0.2, 0) is 4.79 Å². The Balaban J connectivity index is 1.54. The van der Waals surface area contributed by atoms with Crippen molar-refractivity contribution in [3.8, 4) is 0 Å². The van der Waals surface area contributed by atoms with E-state index in [1.807, 2.05) is 0 Å². The molecule has 1 aliphatic carbocycles. The zero-order valence-electron chi connectivity index (χ0n) is 14.0. The number of amides is 1. The summed E-state index contributed by atoms with van der Waals surface area (Å²) >= 11 is 0. The van der Waals surface area contributed by atoms with Crippen LogP contribution in [0.25, 0.3) is 0 Å². The maximum absolute atomic E-state index is 13.6. The van der Waals surface area contributed by atoms with Gasteiger partial charge in [-0.25, -0.2) is 13.2 Å². The van der Waals surface area contributed by atoms with Gasteiger partial charge < -0.3 is 15.5 Å². The average Bonchev–Trinajstić information content (AvgIpc) is 3.02. The van der Waals surface area contributed by atoms with Gasteiger partial charge in [0.1, 0.15) is 0 Å². The zero-order chi connectivity index (χ0) is 18.0. The van der Waals surface area contributed by atoms with E-state index in [1.54, 1.807) is 7.05 Å². The number of guanidine groups is 1. The molecule has 25 heavy (non-hydrogen) atoms. The minimum atomic E-state index is -1.61. The van der Waals surface area contributed by atoms with Gasteiger partial charge in [-0.05, 0) is 36.8 Å². The molecule has 2 fully saturated rings. The Morgan fingerprint density at radius 1 is 1.24 bits per heavy atom. The van der Waals surface area contributed by atoms with Crippen molar-refractivity contribution < 1.29 is 18.0 Å². The number of hydrogen-bond acceptors (Lipinski definition) is 2. The van der Waals surface area contributed by atoms with Crippen LogP contribution in [0.2, 0.25) is 0 Å². The summed E-state index contributed by atoms with van der Waals surface area (Å²) in [6.45, 7) is 1.67. The minimum Gasteiger partial charge on any atom is -0.347 e. The Hall–Kier alpha value is -2.25. The molecule has 1 saturated carbocycles. The first-order chi connectivity index (χ1) is 11.9. The van der Waals surface area contributed by atoms with Crippen LogP contribution < -0.4 is 10.6 Å². The van der Waals surface area contributed by atoms with E-state index in [1.165, 1.54) is 19.3 Å². The van der Waals surface area contributed by atoms with Gasteiger partial charge in [-0.2, -0.15) is 0 Å². The lowest BCUT2D eigenvalue weighted by Crippen LogP contribution is -2.45. The molecule has 2 aliphatic rings. The SMILES string of the molecule is CN=C(NCC(=O)Nc1ccc(F)c(F)c1F)N1CCC2(CCC2)C1. The lowest BCUT2D eigenvalue weighted by atomic mass is 9.68. The number of nitrogens with one attached hydrogen (secondary N) is 2. The van der Waals surface area contributed by atoms with Crippen LogP contribution in [0.5, 0.6) is 0 Å². The standard InChI is InChI=1S/C17H21F3N4O/c1-21-16(24-8-7-17(10-24)5-2-6-17)22-9-13(25)23-12-4-3-11(18)14(19)15(12)20/h3-4H,2,5-10H2,1H3,(H,21,22)(H,23,25). The molecule has 1 amide bonds. The Morgan fingerprint density at radius 2 is 2.00 bits per heavy atom. The van der Waals surface area contributed by atoms with Crippen molar-refractivity contribution in [3.63, 3.8) is 0 Å². The highest BCUT2D eigenvalue weighted by atomic mass is 19.2. The number of rotatable bonds is 3. The molecule has 8 heteroatoms. The molecule has 5 nitrogen and oxygen atoms in total. The maximum atomic E-state index is 13.6. The molecule has 0 atom stereocenters. The van der Waals surface area contributed by atoms with E-state index in [4.69, 9.17) is 0 Å². The van der Waals surface area contributed by atoms with E-state index in [0.29, 0.717) is 11.4 Å². The Kier molecular flexibility index (Phi) is 4.87. The highest BCUT2D eigenvalue weighted by molar-refractivity contribution is 5.95. The van der Waals surface area contributed by atoms with Crippen LogP contribution in [0, 0.1) is 22.9 Å². The fourth-order valence-corrected chi connectivity index (χ4v) is 3.51. The van der Waals surface area contributed by atoms with Crippen LogP contribution in [0.1, 0.15) is 25.7 Å². The van der Waals surface area contributed by atoms with Crippen molar-refractivity contribution in [3.05, 3.63) is 29.6 Å². The van der Waals surface area contributed by atoms with Gasteiger partial charge in [0.25, 0.3) is 0 Å². The fourth-order valence-electron chi connectivity index (χ4n) is 3.51. The Morgan fingerprint density at radius 3 is 2.60 bits per heavy atom. The quantitative estimate of drug-likeness (QED) is 0.498. The van der Waals surface area contributed by atoms with Crippen molar-refractivity contribution >= 4 is 17.6 Å². The Labute approximate surface area is 144 Å². The van der Waals surface area contributed by atoms with Gasteiger partial charge in [0, 0.05) is 20.1 Å². The smallest absolute Gasteiger partial charge is 0.243 e. The summed E-state index contributed by atoms with van der Waals surface area (Å²) in [5.41, 5.74) is 0.00421. The van der Waals surface area contributed by atoms with E-state index < -0.39 is 29.0 Å².